The fourth-order valence-electron chi connectivity index (χ4n) is 11.2. The molecule has 2 atom stereocenters. The van der Waals surface area contributed by atoms with Crippen LogP contribution in [0.5, 0.6) is 23.0 Å². The summed E-state index contributed by atoms with van der Waals surface area (Å²) in [6.07, 6.45) is 25.7. The van der Waals surface area contributed by atoms with Crippen LogP contribution >= 0.6 is 0 Å². The summed E-state index contributed by atoms with van der Waals surface area (Å²) in [7, 11) is 0. The molecule has 1 unspecified atom stereocenters. The predicted molar refractivity (Wildman–Crippen MR) is 245 cm³/mol. The highest BCUT2D eigenvalue weighted by Gasteiger charge is 2.28. The molecule has 61 heavy (non-hydrogen) atoms. The Kier molecular flexibility index (Phi) is 11.0. The number of hydrogen-bond acceptors (Lipinski definition) is 6. The molecule has 10 rings (SSSR count). The summed E-state index contributed by atoms with van der Waals surface area (Å²) >= 11 is 0. The molecule has 4 aliphatic carbocycles. The number of fused-ring (bicyclic) bond motifs is 4. The van der Waals surface area contributed by atoms with Gasteiger partial charge in [0.25, 0.3) is 0 Å². The molecule has 6 aromatic rings. The number of ether oxygens (including phenoxy) is 2. The molecule has 0 radical (unpaired) electrons. The van der Waals surface area contributed by atoms with Crippen LogP contribution in [0.1, 0.15) is 116 Å². The van der Waals surface area contributed by atoms with Crippen molar-refractivity contribution in [2.24, 2.45) is 0 Å². The van der Waals surface area contributed by atoms with E-state index >= 15 is 0 Å². The fourth-order valence-corrected chi connectivity index (χ4v) is 11.2. The quantitative estimate of drug-likeness (QED) is 0.143. The summed E-state index contributed by atoms with van der Waals surface area (Å²) in [5.74, 6) is 1.94. The summed E-state index contributed by atoms with van der Waals surface area (Å²) in [5, 5.41) is 24.3. The molecular weight excluding hydrogens is 753 g/mol. The Bertz CT molecular complexity index is 2360. The minimum absolute atomic E-state index is 0.205. The van der Waals surface area contributed by atoms with Crippen molar-refractivity contribution in [1.82, 2.24) is 9.97 Å². The molecule has 6 nitrogen and oxygen atoms in total. The van der Waals surface area contributed by atoms with Gasteiger partial charge in [-0.1, -0.05) is 48.5 Å². The second-order valence-corrected chi connectivity index (χ2v) is 18.1. The van der Waals surface area contributed by atoms with Gasteiger partial charge in [0.05, 0.1) is 12.2 Å². The van der Waals surface area contributed by atoms with Gasteiger partial charge in [0, 0.05) is 64.6 Å². The van der Waals surface area contributed by atoms with Crippen molar-refractivity contribution < 1.29 is 19.7 Å². The lowest BCUT2D eigenvalue weighted by atomic mass is 9.77. The molecule has 0 aliphatic heterocycles. The number of aryl methyl sites for hydroxylation is 4. The molecule has 4 aromatic carbocycles. The summed E-state index contributed by atoms with van der Waals surface area (Å²) in [6, 6.07) is 20.9. The highest BCUT2D eigenvalue weighted by molar-refractivity contribution is 5.88. The van der Waals surface area contributed by atoms with E-state index in [0.29, 0.717) is 29.0 Å². The van der Waals surface area contributed by atoms with E-state index in [4.69, 9.17) is 19.4 Å². The van der Waals surface area contributed by atoms with Gasteiger partial charge in [-0.2, -0.15) is 0 Å². The summed E-state index contributed by atoms with van der Waals surface area (Å²) in [6.45, 7) is 4.14. The van der Waals surface area contributed by atoms with E-state index in [1.165, 1.54) is 107 Å². The molecule has 0 saturated carbocycles. The normalized spacial score (nSPS) is 16.7. The third-order valence-electron chi connectivity index (χ3n) is 14.0. The number of para-hydroxylation sites is 2. The molecule has 2 aromatic heterocycles. The largest absolute Gasteiger partial charge is 0.507 e. The second-order valence-electron chi connectivity index (χ2n) is 18.1. The fraction of sp³-hybridized carbons (Fsp3) is 0.382. The first-order valence-corrected chi connectivity index (χ1v) is 23.1. The van der Waals surface area contributed by atoms with Gasteiger partial charge >= 0.3 is 0 Å². The molecule has 2 N–H and O–H groups in total. The zero-order valence-electron chi connectivity index (χ0n) is 35.9. The number of hydrogen-bond donors (Lipinski definition) is 2. The van der Waals surface area contributed by atoms with Crippen LogP contribution in [0.15, 0.2) is 85.5 Å². The van der Waals surface area contributed by atoms with E-state index < -0.39 is 0 Å². The minimum Gasteiger partial charge on any atom is -0.507 e. The van der Waals surface area contributed by atoms with Crippen LogP contribution in [-0.4, -0.2) is 32.4 Å². The number of benzene rings is 4. The van der Waals surface area contributed by atoms with Crippen molar-refractivity contribution in [3.05, 3.63) is 130 Å². The molecule has 0 fully saturated rings. The predicted octanol–water partition coefficient (Wildman–Crippen LogP) is 12.7. The Morgan fingerprint density at radius 3 is 1.15 bits per heavy atom. The number of rotatable bonds is 10. The zero-order chi connectivity index (χ0) is 41.5. The second kappa shape index (κ2) is 17.0. The smallest absolute Gasteiger partial charge is 0.134 e. The van der Waals surface area contributed by atoms with Gasteiger partial charge in [0.2, 0.25) is 0 Å². The van der Waals surface area contributed by atoms with Crippen molar-refractivity contribution in [2.45, 2.75) is 135 Å². The maximum Gasteiger partial charge on any atom is 0.134 e. The third kappa shape index (κ3) is 7.57. The van der Waals surface area contributed by atoms with Crippen molar-refractivity contribution >= 4 is 0 Å². The van der Waals surface area contributed by atoms with E-state index in [9.17, 15) is 10.2 Å². The van der Waals surface area contributed by atoms with E-state index in [1.54, 1.807) is 12.4 Å². The molecule has 0 saturated heterocycles. The van der Waals surface area contributed by atoms with Gasteiger partial charge in [0.15, 0.2) is 0 Å². The minimum atomic E-state index is -0.205. The number of pyridine rings is 2. The van der Waals surface area contributed by atoms with E-state index in [2.05, 4.69) is 26.0 Å². The molecule has 0 amide bonds. The Morgan fingerprint density at radius 1 is 0.443 bits per heavy atom. The first-order chi connectivity index (χ1) is 29.9. The average molecular weight is 811 g/mol. The maximum atomic E-state index is 12.2. The first-order valence-electron chi connectivity index (χ1n) is 23.1. The van der Waals surface area contributed by atoms with Gasteiger partial charge in [-0.05, 0) is 184 Å². The van der Waals surface area contributed by atoms with Crippen LogP contribution in [0.2, 0.25) is 0 Å². The Hall–Kier alpha value is -5.62. The van der Waals surface area contributed by atoms with Crippen LogP contribution in [-0.2, 0) is 51.4 Å². The van der Waals surface area contributed by atoms with Gasteiger partial charge in [-0.15, -0.1) is 0 Å². The Labute approximate surface area is 361 Å². The van der Waals surface area contributed by atoms with Gasteiger partial charge < -0.3 is 19.7 Å². The standard InChI is InChI=1S/C55H58N2O4/c1-34(60-50-25-13-11-23-44(50)46-30-56-32-48(54(46)58)52-40-19-7-3-15-36(40)28-37-16-4-8-20-41(37)52)27-35(2)61-51-26-14-12-24-45(51)47-31-57-33-49(55(47)59)53-42-21-9-5-17-38(42)29-39-18-6-10-22-43(39)53/h11-14,23-26,28-35H,3-10,15-22,27H2,1-2H3,(H,56,58)(H,57,59)/t34-,35?/m0/s1. The van der Waals surface area contributed by atoms with Crippen LogP contribution in [0.4, 0.5) is 0 Å². The summed E-state index contributed by atoms with van der Waals surface area (Å²) in [4.78, 5) is 9.51. The summed E-state index contributed by atoms with van der Waals surface area (Å²) < 4.78 is 13.4. The highest BCUT2D eigenvalue weighted by Crippen LogP contribution is 2.48. The molecule has 4 aliphatic rings. The van der Waals surface area contributed by atoms with Gasteiger partial charge in [-0.3, -0.25) is 9.97 Å². The molecule has 312 valence electrons. The van der Waals surface area contributed by atoms with Gasteiger partial charge in [-0.25, -0.2) is 0 Å². The Morgan fingerprint density at radius 2 is 0.770 bits per heavy atom. The lowest BCUT2D eigenvalue weighted by molar-refractivity contribution is 0.131. The summed E-state index contributed by atoms with van der Waals surface area (Å²) in [5.41, 5.74) is 18.6. The first kappa shape index (κ1) is 39.5. The SMILES string of the molecule is CC(C[C@H](C)Oc1ccccc1-c1cncc(-c2c3c(cc4c2CCCC4)CCCC3)c1O)Oc1ccccc1-c1cncc(-c2c3c(cc4c2CCCC4)CCCC3)c1O. The number of aromatic hydroxyl groups is 2. The van der Waals surface area contributed by atoms with Crippen molar-refractivity contribution in [2.75, 3.05) is 0 Å². The molecule has 6 heteroatoms. The molecular formula is C55H58N2O4. The highest BCUT2D eigenvalue weighted by atomic mass is 16.5. The van der Waals surface area contributed by atoms with Crippen LogP contribution in [0.25, 0.3) is 44.5 Å². The van der Waals surface area contributed by atoms with Crippen molar-refractivity contribution in [3.8, 4) is 67.5 Å². The third-order valence-corrected chi connectivity index (χ3v) is 14.0. The van der Waals surface area contributed by atoms with E-state index in [1.807, 2.05) is 60.9 Å². The Balaban J connectivity index is 0.903. The lowest BCUT2D eigenvalue weighted by Gasteiger charge is -2.28. The van der Waals surface area contributed by atoms with Crippen molar-refractivity contribution in [3.63, 3.8) is 0 Å². The number of nitrogens with zero attached hydrogens (tertiary/aromatic N) is 2. The molecule has 0 spiro atoms. The zero-order valence-corrected chi connectivity index (χ0v) is 35.9. The van der Waals surface area contributed by atoms with Crippen LogP contribution in [0.3, 0.4) is 0 Å². The van der Waals surface area contributed by atoms with E-state index in [-0.39, 0.29) is 23.7 Å². The molecule has 0 bridgehead atoms. The maximum absolute atomic E-state index is 12.2. The van der Waals surface area contributed by atoms with Gasteiger partial charge in [0.1, 0.15) is 23.0 Å². The molecule has 2 heterocycles. The average Bonchev–Trinajstić information content (AvgIpc) is 3.28. The van der Waals surface area contributed by atoms with E-state index in [0.717, 1.165) is 73.6 Å². The monoisotopic (exact) mass is 810 g/mol. The van der Waals surface area contributed by atoms with Crippen molar-refractivity contribution in [1.29, 1.82) is 0 Å². The lowest BCUT2D eigenvalue weighted by Crippen LogP contribution is -2.23. The number of aromatic nitrogens is 2. The van der Waals surface area contributed by atoms with Crippen LogP contribution < -0.4 is 9.47 Å². The topological polar surface area (TPSA) is 84.7 Å². The van der Waals surface area contributed by atoms with Crippen LogP contribution in [0, 0.1) is 0 Å².